The first kappa shape index (κ1) is 20.2. The maximum Gasteiger partial charge on any atom is 0.252 e. The van der Waals surface area contributed by atoms with Crippen molar-refractivity contribution < 1.29 is 14.3 Å². The minimum atomic E-state index is -0.228. The van der Waals surface area contributed by atoms with E-state index in [0.717, 1.165) is 25.9 Å². The molecule has 146 valence electrons. The summed E-state index contributed by atoms with van der Waals surface area (Å²) in [6, 6.07) is 13.7. The third-order valence-corrected chi connectivity index (χ3v) is 5.77. The van der Waals surface area contributed by atoms with Gasteiger partial charge in [0.2, 0.25) is 5.91 Å². The predicted octanol–water partition coefficient (Wildman–Crippen LogP) is 3.97. The van der Waals surface area contributed by atoms with Gasteiger partial charge in [0.25, 0.3) is 5.91 Å². The Labute approximate surface area is 171 Å². The number of rotatable bonds is 8. The summed E-state index contributed by atoms with van der Waals surface area (Å²) < 4.78 is 5.46. The molecule has 2 N–H and O–H groups in total. The van der Waals surface area contributed by atoms with Gasteiger partial charge in [0, 0.05) is 16.7 Å². The second-order valence-electron chi connectivity index (χ2n) is 6.13. The highest BCUT2D eigenvalue weighted by Gasteiger charge is 2.14. The predicted molar refractivity (Wildman–Crippen MR) is 112 cm³/mol. The Hall–Kier alpha value is -2.55. The van der Waals surface area contributed by atoms with Crippen molar-refractivity contribution in [2.24, 2.45) is 0 Å². The van der Waals surface area contributed by atoms with Crippen LogP contribution >= 0.6 is 22.7 Å². The SMILES string of the molecule is CC(=O)NCc1ccc(-c2nc(NC(=O)COCc3ccccc3)sc2C)s1. The van der Waals surface area contributed by atoms with Crippen molar-refractivity contribution in [3.63, 3.8) is 0 Å². The number of hydrogen-bond acceptors (Lipinski definition) is 6. The maximum atomic E-state index is 12.1. The lowest BCUT2D eigenvalue weighted by Crippen LogP contribution is -2.18. The Kier molecular flexibility index (Phi) is 6.91. The number of nitrogens with zero attached hydrogens (tertiary/aromatic N) is 1. The number of thiophene rings is 1. The number of aromatic nitrogens is 1. The highest BCUT2D eigenvalue weighted by atomic mass is 32.1. The van der Waals surface area contributed by atoms with Crippen LogP contribution < -0.4 is 10.6 Å². The van der Waals surface area contributed by atoms with Crippen LogP contribution in [0.1, 0.15) is 22.2 Å². The van der Waals surface area contributed by atoms with E-state index in [0.29, 0.717) is 18.3 Å². The summed E-state index contributed by atoms with van der Waals surface area (Å²) in [6.07, 6.45) is 0. The van der Waals surface area contributed by atoms with Gasteiger partial charge >= 0.3 is 0 Å². The third-order valence-electron chi connectivity index (χ3n) is 3.79. The molecule has 3 aromatic rings. The van der Waals surface area contributed by atoms with Gasteiger partial charge in [0.05, 0.1) is 23.7 Å². The minimum Gasteiger partial charge on any atom is -0.367 e. The van der Waals surface area contributed by atoms with Crippen LogP contribution in [0.25, 0.3) is 10.6 Å². The van der Waals surface area contributed by atoms with Crippen LogP contribution in [0, 0.1) is 6.92 Å². The van der Waals surface area contributed by atoms with E-state index in [4.69, 9.17) is 4.74 Å². The summed E-state index contributed by atoms with van der Waals surface area (Å²) >= 11 is 3.01. The van der Waals surface area contributed by atoms with Crippen LogP contribution in [0.4, 0.5) is 5.13 Å². The fourth-order valence-electron chi connectivity index (χ4n) is 2.48. The molecule has 0 saturated carbocycles. The summed E-state index contributed by atoms with van der Waals surface area (Å²) in [5.41, 5.74) is 1.88. The molecular formula is C20H21N3O3S2. The zero-order valence-corrected chi connectivity index (χ0v) is 17.3. The lowest BCUT2D eigenvalue weighted by Gasteiger charge is -2.04. The van der Waals surface area contributed by atoms with Gasteiger partial charge in [-0.25, -0.2) is 4.98 Å². The van der Waals surface area contributed by atoms with E-state index in [9.17, 15) is 9.59 Å². The molecule has 1 aromatic carbocycles. The van der Waals surface area contributed by atoms with Crippen LogP contribution in [0.3, 0.4) is 0 Å². The molecule has 0 atom stereocenters. The van der Waals surface area contributed by atoms with Crippen LogP contribution in [0.2, 0.25) is 0 Å². The average Bonchev–Trinajstić information content (AvgIpc) is 3.27. The number of amides is 2. The number of hydrogen-bond donors (Lipinski definition) is 2. The van der Waals surface area contributed by atoms with Crippen molar-refractivity contribution in [1.82, 2.24) is 10.3 Å². The van der Waals surface area contributed by atoms with E-state index in [2.05, 4.69) is 15.6 Å². The normalized spacial score (nSPS) is 10.6. The largest absolute Gasteiger partial charge is 0.367 e. The Bertz CT molecular complexity index is 951. The van der Waals surface area contributed by atoms with Crippen molar-refractivity contribution in [3.05, 3.63) is 57.8 Å². The molecule has 2 aromatic heterocycles. The van der Waals surface area contributed by atoms with Gasteiger partial charge in [-0.05, 0) is 24.6 Å². The third kappa shape index (κ3) is 5.72. The Balaban J connectivity index is 1.54. The van der Waals surface area contributed by atoms with E-state index in [-0.39, 0.29) is 18.4 Å². The minimum absolute atomic E-state index is 0.0251. The molecule has 8 heteroatoms. The van der Waals surface area contributed by atoms with E-state index in [1.54, 1.807) is 11.3 Å². The lowest BCUT2D eigenvalue weighted by atomic mass is 10.2. The van der Waals surface area contributed by atoms with Crippen molar-refractivity contribution >= 4 is 39.6 Å². The van der Waals surface area contributed by atoms with E-state index in [1.165, 1.54) is 18.3 Å². The smallest absolute Gasteiger partial charge is 0.252 e. The fourth-order valence-corrected chi connectivity index (χ4v) is 4.38. The molecule has 0 saturated heterocycles. The molecular weight excluding hydrogens is 394 g/mol. The zero-order valence-electron chi connectivity index (χ0n) is 15.7. The van der Waals surface area contributed by atoms with Crippen LogP contribution in [0.15, 0.2) is 42.5 Å². The Morgan fingerprint density at radius 2 is 1.89 bits per heavy atom. The highest BCUT2D eigenvalue weighted by molar-refractivity contribution is 7.18. The van der Waals surface area contributed by atoms with Gasteiger partial charge in [0.1, 0.15) is 6.61 Å². The fraction of sp³-hybridized carbons (Fsp3) is 0.250. The van der Waals surface area contributed by atoms with Crippen molar-refractivity contribution in [2.75, 3.05) is 11.9 Å². The molecule has 0 fully saturated rings. The summed E-state index contributed by atoms with van der Waals surface area (Å²) in [6.45, 7) is 4.34. The first-order chi connectivity index (χ1) is 13.5. The van der Waals surface area contributed by atoms with E-state index >= 15 is 0 Å². The zero-order chi connectivity index (χ0) is 19.9. The molecule has 0 aliphatic heterocycles. The first-order valence-electron chi connectivity index (χ1n) is 8.73. The second-order valence-corrected chi connectivity index (χ2v) is 8.50. The summed E-state index contributed by atoms with van der Waals surface area (Å²) in [7, 11) is 0. The van der Waals surface area contributed by atoms with Crippen molar-refractivity contribution in [1.29, 1.82) is 0 Å². The molecule has 0 aliphatic carbocycles. The number of aryl methyl sites for hydroxylation is 1. The number of carbonyl (C=O) groups is 2. The van der Waals surface area contributed by atoms with Crippen LogP contribution in [-0.2, 0) is 27.5 Å². The van der Waals surface area contributed by atoms with E-state index < -0.39 is 0 Å². The molecule has 0 unspecified atom stereocenters. The van der Waals surface area contributed by atoms with Gasteiger partial charge in [-0.15, -0.1) is 22.7 Å². The van der Waals surface area contributed by atoms with E-state index in [1.807, 2.05) is 49.4 Å². The van der Waals surface area contributed by atoms with Gasteiger partial charge in [-0.2, -0.15) is 0 Å². The average molecular weight is 416 g/mol. The molecule has 0 radical (unpaired) electrons. The topological polar surface area (TPSA) is 80.3 Å². The molecule has 2 heterocycles. The molecule has 0 bridgehead atoms. The van der Waals surface area contributed by atoms with Crippen LogP contribution in [0.5, 0.6) is 0 Å². The number of carbonyl (C=O) groups excluding carboxylic acids is 2. The number of thiazole rings is 1. The summed E-state index contributed by atoms with van der Waals surface area (Å²) in [5.74, 6) is -0.284. The number of benzene rings is 1. The number of anilines is 1. The molecule has 3 rings (SSSR count). The summed E-state index contributed by atoms with van der Waals surface area (Å²) in [4.78, 5) is 30.8. The monoisotopic (exact) mass is 415 g/mol. The number of nitrogens with one attached hydrogen (secondary N) is 2. The van der Waals surface area contributed by atoms with Crippen molar-refractivity contribution in [3.8, 4) is 10.6 Å². The standard InChI is InChI=1S/C20H21N3O3S2/c1-13-19(17-9-8-16(28-17)10-21-14(2)24)23-20(27-13)22-18(25)12-26-11-15-6-4-3-5-7-15/h3-9H,10-12H2,1-2H3,(H,21,24)(H,22,23,25). The quantitative estimate of drug-likeness (QED) is 0.583. The molecule has 2 amide bonds. The lowest BCUT2D eigenvalue weighted by molar-refractivity contribution is -0.121. The highest BCUT2D eigenvalue weighted by Crippen LogP contribution is 2.34. The molecule has 0 aliphatic rings. The maximum absolute atomic E-state index is 12.1. The Morgan fingerprint density at radius 3 is 2.64 bits per heavy atom. The van der Waals surface area contributed by atoms with Crippen molar-refractivity contribution in [2.45, 2.75) is 27.0 Å². The molecule has 0 spiro atoms. The first-order valence-corrected chi connectivity index (χ1v) is 10.4. The molecule has 6 nitrogen and oxygen atoms in total. The number of ether oxygens (including phenoxy) is 1. The van der Waals surface area contributed by atoms with Gasteiger partial charge in [-0.1, -0.05) is 30.3 Å². The van der Waals surface area contributed by atoms with Gasteiger partial charge in [0.15, 0.2) is 5.13 Å². The Morgan fingerprint density at radius 1 is 1.11 bits per heavy atom. The second kappa shape index (κ2) is 9.59. The van der Waals surface area contributed by atoms with Gasteiger partial charge < -0.3 is 10.1 Å². The van der Waals surface area contributed by atoms with Crippen LogP contribution in [-0.4, -0.2) is 23.4 Å². The van der Waals surface area contributed by atoms with Gasteiger partial charge in [-0.3, -0.25) is 14.9 Å². The summed E-state index contributed by atoms with van der Waals surface area (Å²) in [5, 5.41) is 6.14. The molecule has 28 heavy (non-hydrogen) atoms.